The van der Waals surface area contributed by atoms with E-state index in [9.17, 15) is 14.7 Å². The molecule has 3 saturated heterocycles. The van der Waals surface area contributed by atoms with Crippen LogP contribution in [-0.4, -0.2) is 82.6 Å². The van der Waals surface area contributed by atoms with Crippen LogP contribution in [0.3, 0.4) is 0 Å². The number of nitrogens with one attached hydrogen (secondary N) is 1. The third-order valence-electron chi connectivity index (χ3n) is 11.8. The Hall–Kier alpha value is -3.93. The second kappa shape index (κ2) is 18.8. The van der Waals surface area contributed by atoms with Crippen LogP contribution in [0.2, 0.25) is 0 Å². The molecule has 0 aliphatic carbocycles. The van der Waals surface area contributed by atoms with Gasteiger partial charge in [0.2, 0.25) is 0 Å². The monoisotopic (exact) mass is 749 g/mol. The number of nitrogens with two attached hydrogens (primary N) is 1. The molecule has 10 heteroatoms. The Morgan fingerprint density at radius 2 is 1.78 bits per heavy atom. The van der Waals surface area contributed by atoms with Crippen molar-refractivity contribution in [1.29, 1.82) is 0 Å². The smallest absolute Gasteiger partial charge is 0.120 e. The van der Waals surface area contributed by atoms with E-state index >= 15 is 0 Å². The molecule has 2 aromatic heterocycles. The lowest BCUT2D eigenvalue weighted by Gasteiger charge is -2.45. The first-order valence-corrected chi connectivity index (χ1v) is 20.7. The van der Waals surface area contributed by atoms with E-state index in [4.69, 9.17) is 10.8 Å². The van der Waals surface area contributed by atoms with Crippen LogP contribution >= 0.6 is 0 Å². The maximum atomic E-state index is 11.5. The van der Waals surface area contributed by atoms with Gasteiger partial charge >= 0.3 is 0 Å². The zero-order valence-electron chi connectivity index (χ0n) is 33.6. The van der Waals surface area contributed by atoms with Crippen molar-refractivity contribution in [2.45, 2.75) is 111 Å². The van der Waals surface area contributed by atoms with Gasteiger partial charge in [-0.15, -0.1) is 0 Å². The molecule has 3 aliphatic heterocycles. The van der Waals surface area contributed by atoms with Gasteiger partial charge in [-0.3, -0.25) is 15.7 Å². The highest BCUT2D eigenvalue weighted by Crippen LogP contribution is 2.43. The number of fused-ring (bicyclic) bond motifs is 2. The number of hydrogen-bond acceptors (Lipinski definition) is 9. The van der Waals surface area contributed by atoms with E-state index in [1.165, 1.54) is 49.6 Å². The minimum absolute atomic E-state index is 0.124. The molecule has 2 aromatic carbocycles. The van der Waals surface area contributed by atoms with E-state index in [2.05, 4.69) is 89.1 Å². The maximum Gasteiger partial charge on any atom is 0.120 e. The molecule has 10 nitrogen and oxygen atoms in total. The molecule has 0 amide bonds. The number of piperidine rings is 1. The molecule has 4 N–H and O–H groups in total. The standard InChI is InChI=1S/C41H52N4O3.C4H11N3/c1-5-45-38-16-15-32(31-13-8-11-30(23-31)12-9-21-46)24-35(38)37(26-41(3,4)17-10-22-47)40(45)36-25-34(27-42-39(36)29(2)48)44-20-19-43-18-7-6-14-33(43)28-44;5-7-4-2-1-3-6-7/h8,11,13,15-16,21-25,27,29,33,48H,5-7,9-10,12,14,17-20,26,28H2,1-4H3;6H,1-5H2. The third-order valence-corrected chi connectivity index (χ3v) is 11.8. The Labute approximate surface area is 328 Å². The molecular formula is C45H63N7O3. The molecule has 0 spiro atoms. The number of carbonyl (C=O) groups excluding carboxylic acids is 2. The number of aliphatic hydroxyl groups is 1. The highest BCUT2D eigenvalue weighted by molar-refractivity contribution is 5.95. The summed E-state index contributed by atoms with van der Waals surface area (Å²) in [5, 5.41) is 14.0. The Kier molecular flexibility index (Phi) is 13.9. The number of nitrogens with zero attached hydrogens (tertiary/aromatic N) is 5. The van der Waals surface area contributed by atoms with Crippen LogP contribution in [0.1, 0.15) is 102 Å². The van der Waals surface area contributed by atoms with Crippen molar-refractivity contribution in [1.82, 2.24) is 25.0 Å². The Morgan fingerprint density at radius 1 is 0.982 bits per heavy atom. The Balaban J connectivity index is 0.000000661. The fraction of sp³-hybridized carbons (Fsp3) is 0.533. The summed E-state index contributed by atoms with van der Waals surface area (Å²) in [4.78, 5) is 32.7. The molecule has 296 valence electrons. The van der Waals surface area contributed by atoms with Crippen LogP contribution in [0.4, 0.5) is 5.69 Å². The number of hydrazine groups is 2. The number of anilines is 1. The Morgan fingerprint density at radius 3 is 2.49 bits per heavy atom. The van der Waals surface area contributed by atoms with Crippen LogP contribution in [0.5, 0.6) is 0 Å². The van der Waals surface area contributed by atoms with Crippen LogP contribution in [0.25, 0.3) is 33.3 Å². The largest absolute Gasteiger partial charge is 0.387 e. The van der Waals surface area contributed by atoms with Crippen molar-refractivity contribution in [3.8, 4) is 22.4 Å². The molecule has 7 rings (SSSR count). The molecule has 2 atom stereocenters. The average Bonchev–Trinajstić information content (AvgIpc) is 3.50. The first-order chi connectivity index (χ1) is 26.6. The van der Waals surface area contributed by atoms with Gasteiger partial charge in [-0.2, -0.15) is 5.12 Å². The number of aliphatic hydroxyl groups excluding tert-OH is 1. The molecule has 0 radical (unpaired) electrons. The van der Waals surface area contributed by atoms with E-state index in [0.717, 1.165) is 110 Å². The number of pyridine rings is 1. The summed E-state index contributed by atoms with van der Waals surface area (Å²) in [6, 6.07) is 18.1. The number of hydrogen-bond donors (Lipinski definition) is 3. The topological polar surface area (TPSA) is 120 Å². The molecule has 0 bridgehead atoms. The fourth-order valence-corrected chi connectivity index (χ4v) is 8.83. The number of rotatable bonds is 13. The van der Waals surface area contributed by atoms with Crippen molar-refractivity contribution >= 4 is 29.2 Å². The number of aromatic nitrogens is 2. The predicted molar refractivity (Wildman–Crippen MR) is 224 cm³/mol. The lowest BCUT2D eigenvalue weighted by atomic mass is 9.80. The van der Waals surface area contributed by atoms with E-state index in [0.29, 0.717) is 24.6 Å². The lowest BCUT2D eigenvalue weighted by Crippen LogP contribution is -2.54. The van der Waals surface area contributed by atoms with Crippen molar-refractivity contribution in [3.05, 3.63) is 71.5 Å². The molecule has 3 fully saturated rings. The number of carbonyl (C=O) groups is 2. The first kappa shape index (κ1) is 40.7. The second-order valence-corrected chi connectivity index (χ2v) is 16.5. The van der Waals surface area contributed by atoms with Crippen molar-refractivity contribution < 1.29 is 14.7 Å². The molecule has 5 heterocycles. The highest BCUT2D eigenvalue weighted by Gasteiger charge is 2.31. The van der Waals surface area contributed by atoms with Crippen LogP contribution in [0.15, 0.2) is 54.7 Å². The molecule has 2 unspecified atom stereocenters. The van der Waals surface area contributed by atoms with Gasteiger partial charge in [0.25, 0.3) is 0 Å². The van der Waals surface area contributed by atoms with Gasteiger partial charge in [0, 0.05) is 74.6 Å². The lowest BCUT2D eigenvalue weighted by molar-refractivity contribution is -0.108. The van der Waals surface area contributed by atoms with Crippen molar-refractivity contribution in [2.24, 2.45) is 11.3 Å². The van der Waals surface area contributed by atoms with E-state index < -0.39 is 6.10 Å². The van der Waals surface area contributed by atoms with E-state index in [1.54, 1.807) is 5.12 Å². The summed E-state index contributed by atoms with van der Waals surface area (Å²) in [5.41, 5.74) is 12.6. The zero-order chi connectivity index (χ0) is 39.0. The van der Waals surface area contributed by atoms with Crippen LogP contribution in [0, 0.1) is 5.41 Å². The van der Waals surface area contributed by atoms with Gasteiger partial charge in [0.1, 0.15) is 12.6 Å². The normalized spacial score (nSPS) is 18.7. The van der Waals surface area contributed by atoms with E-state index in [1.807, 2.05) is 13.1 Å². The molecule has 0 saturated carbocycles. The van der Waals surface area contributed by atoms with Crippen molar-refractivity contribution in [2.75, 3.05) is 44.2 Å². The van der Waals surface area contributed by atoms with Gasteiger partial charge < -0.3 is 24.2 Å². The summed E-state index contributed by atoms with van der Waals surface area (Å²) in [7, 11) is 0. The van der Waals surface area contributed by atoms with Gasteiger partial charge in [-0.25, -0.2) is 5.43 Å². The Bertz CT molecular complexity index is 1900. The molecule has 55 heavy (non-hydrogen) atoms. The number of benzene rings is 2. The highest BCUT2D eigenvalue weighted by atomic mass is 16.3. The molecule has 4 aromatic rings. The van der Waals surface area contributed by atoms with Gasteiger partial charge in [-0.1, -0.05) is 50.6 Å². The second-order valence-electron chi connectivity index (χ2n) is 16.5. The summed E-state index contributed by atoms with van der Waals surface area (Å²) in [6.45, 7) is 15.6. The quantitative estimate of drug-likeness (QED) is 0.0959. The third kappa shape index (κ3) is 9.91. The number of piperazine rings is 1. The summed E-state index contributed by atoms with van der Waals surface area (Å²) >= 11 is 0. The molecule has 3 aliphatic rings. The fourth-order valence-electron chi connectivity index (χ4n) is 8.83. The minimum atomic E-state index is -0.729. The summed E-state index contributed by atoms with van der Waals surface area (Å²) < 4.78 is 2.40. The summed E-state index contributed by atoms with van der Waals surface area (Å²) in [5.74, 6) is 5.36. The number of aryl methyl sites for hydroxylation is 2. The van der Waals surface area contributed by atoms with Crippen LogP contribution < -0.4 is 16.2 Å². The van der Waals surface area contributed by atoms with Crippen LogP contribution in [-0.2, 0) is 29.0 Å². The summed E-state index contributed by atoms with van der Waals surface area (Å²) in [6.07, 6.45) is 12.9. The van der Waals surface area contributed by atoms with Gasteiger partial charge in [0.05, 0.1) is 29.4 Å². The van der Waals surface area contributed by atoms with E-state index in [-0.39, 0.29) is 5.41 Å². The van der Waals surface area contributed by atoms with Gasteiger partial charge in [-0.05, 0) is 111 Å². The first-order valence-electron chi connectivity index (χ1n) is 20.7. The molecular weight excluding hydrogens is 687 g/mol. The zero-order valence-corrected chi connectivity index (χ0v) is 33.6. The SMILES string of the molecule is CCn1c(-c2cc(N3CCN4CCCCC4C3)cnc2C(C)O)c(CC(C)(C)CCC=O)c2cc(-c3cccc(CCC=O)c3)ccc21.NN1CCCCN1. The predicted octanol–water partition coefficient (Wildman–Crippen LogP) is 7.26. The van der Waals surface area contributed by atoms with Crippen molar-refractivity contribution in [3.63, 3.8) is 0 Å². The average molecular weight is 750 g/mol. The maximum absolute atomic E-state index is 11.5. The number of aldehydes is 2. The minimum Gasteiger partial charge on any atom is -0.387 e. The van der Waals surface area contributed by atoms with Gasteiger partial charge in [0.15, 0.2) is 0 Å².